The first kappa shape index (κ1) is 22.2. The Labute approximate surface area is 208 Å². The van der Waals surface area contributed by atoms with Crippen LogP contribution in [0.1, 0.15) is 45.0 Å². The van der Waals surface area contributed by atoms with E-state index in [1.807, 2.05) is 29.5 Å². The second kappa shape index (κ2) is 9.38. The Morgan fingerprint density at radius 1 is 0.914 bits per heavy atom. The second-order valence-corrected chi connectivity index (χ2v) is 10.4. The minimum Gasteiger partial charge on any atom is -0.352 e. The van der Waals surface area contributed by atoms with Crippen LogP contribution in [0.25, 0.3) is 10.2 Å². The molecule has 178 valence electrons. The molecule has 0 bridgehead atoms. The Bertz CT molecular complexity index is 1380. The molecular weight excluding hydrogens is 459 g/mol. The van der Waals surface area contributed by atoms with E-state index in [1.54, 1.807) is 23.1 Å². The van der Waals surface area contributed by atoms with Crippen molar-refractivity contribution in [3.8, 4) is 0 Å². The molecule has 0 unspecified atom stereocenters. The molecule has 0 saturated carbocycles. The van der Waals surface area contributed by atoms with Gasteiger partial charge in [0.1, 0.15) is 22.3 Å². The fraction of sp³-hybridized carbons (Fsp3) is 0.321. The third-order valence-corrected chi connectivity index (χ3v) is 8.20. The molecule has 35 heavy (non-hydrogen) atoms. The Balaban J connectivity index is 1.31. The molecular formula is C28H27FN4OS. The summed E-state index contributed by atoms with van der Waals surface area (Å²) in [6.07, 6.45) is 5.33. The molecule has 0 spiro atoms. The highest BCUT2D eigenvalue weighted by Gasteiger charge is 2.28. The van der Waals surface area contributed by atoms with Crippen LogP contribution in [0.4, 0.5) is 10.2 Å². The number of hydrogen-bond donors (Lipinski definition) is 0. The van der Waals surface area contributed by atoms with Crippen molar-refractivity contribution in [2.24, 2.45) is 0 Å². The van der Waals surface area contributed by atoms with Crippen LogP contribution in [0.5, 0.6) is 0 Å². The Kier molecular flexibility index (Phi) is 5.94. The van der Waals surface area contributed by atoms with E-state index in [0.29, 0.717) is 32.6 Å². The van der Waals surface area contributed by atoms with Gasteiger partial charge in [0.05, 0.1) is 10.9 Å². The highest BCUT2D eigenvalue weighted by molar-refractivity contribution is 7.19. The van der Waals surface area contributed by atoms with Gasteiger partial charge in [0, 0.05) is 37.5 Å². The maximum atomic E-state index is 14.2. The lowest BCUT2D eigenvalue weighted by Gasteiger charge is -2.36. The lowest BCUT2D eigenvalue weighted by Crippen LogP contribution is -2.49. The van der Waals surface area contributed by atoms with Crippen molar-refractivity contribution in [1.82, 2.24) is 14.9 Å². The molecule has 1 amide bonds. The highest BCUT2D eigenvalue weighted by Crippen LogP contribution is 2.40. The van der Waals surface area contributed by atoms with Gasteiger partial charge in [-0.2, -0.15) is 0 Å². The summed E-state index contributed by atoms with van der Waals surface area (Å²) in [4.78, 5) is 29.6. The molecule has 1 aliphatic heterocycles. The number of aryl methyl sites for hydroxylation is 2. The molecule has 2 aromatic heterocycles. The summed E-state index contributed by atoms with van der Waals surface area (Å²) < 4.78 is 14.2. The Hall–Kier alpha value is -3.32. The van der Waals surface area contributed by atoms with Crippen molar-refractivity contribution in [2.45, 2.75) is 32.1 Å². The van der Waals surface area contributed by atoms with Crippen LogP contribution in [0.3, 0.4) is 0 Å². The molecule has 6 rings (SSSR count). The van der Waals surface area contributed by atoms with Crippen LogP contribution in [0.2, 0.25) is 0 Å². The summed E-state index contributed by atoms with van der Waals surface area (Å²) in [5.41, 5.74) is 2.75. The summed E-state index contributed by atoms with van der Waals surface area (Å²) in [6.45, 7) is 2.42. The molecule has 0 atom stereocenters. The molecule has 4 aromatic rings. The Morgan fingerprint density at radius 2 is 1.66 bits per heavy atom. The zero-order valence-corrected chi connectivity index (χ0v) is 20.4. The minimum atomic E-state index is -0.465. The number of amides is 1. The number of carbonyl (C=O) groups is 1. The van der Waals surface area contributed by atoms with Gasteiger partial charge in [-0.05, 0) is 48.9 Å². The topological polar surface area (TPSA) is 49.3 Å². The number of hydrogen-bond acceptors (Lipinski definition) is 5. The monoisotopic (exact) mass is 486 g/mol. The standard InChI is InChI=1S/C28H27FN4OS/c29-22-12-6-4-10-20(22)28(34)33-16-14-32(15-17-33)26-25-21-11-5-7-13-23(21)35-27(25)31-24(30-26)18-19-8-2-1-3-9-19/h1-4,6,8-10,12H,5,7,11,13-18H2. The van der Waals surface area contributed by atoms with Crippen LogP contribution in [0.15, 0.2) is 54.6 Å². The van der Waals surface area contributed by atoms with Crippen LogP contribution >= 0.6 is 11.3 Å². The fourth-order valence-corrected chi connectivity index (χ4v) is 6.47. The lowest BCUT2D eigenvalue weighted by atomic mass is 9.96. The van der Waals surface area contributed by atoms with E-state index in [2.05, 4.69) is 17.0 Å². The van der Waals surface area contributed by atoms with Crippen LogP contribution < -0.4 is 4.90 Å². The minimum absolute atomic E-state index is 0.141. The third kappa shape index (κ3) is 4.29. The van der Waals surface area contributed by atoms with Gasteiger partial charge in [0.25, 0.3) is 5.91 Å². The average molecular weight is 487 g/mol. The van der Waals surface area contributed by atoms with Gasteiger partial charge in [-0.3, -0.25) is 4.79 Å². The van der Waals surface area contributed by atoms with Gasteiger partial charge in [0.2, 0.25) is 0 Å². The van der Waals surface area contributed by atoms with Crippen molar-refractivity contribution in [2.75, 3.05) is 31.1 Å². The van der Waals surface area contributed by atoms with E-state index in [-0.39, 0.29) is 11.5 Å². The molecule has 7 heteroatoms. The predicted molar refractivity (Wildman–Crippen MR) is 138 cm³/mol. The zero-order chi connectivity index (χ0) is 23.8. The van der Waals surface area contributed by atoms with E-state index in [0.717, 1.165) is 29.3 Å². The maximum absolute atomic E-state index is 14.2. The number of benzene rings is 2. The van der Waals surface area contributed by atoms with Crippen LogP contribution in [-0.2, 0) is 19.3 Å². The van der Waals surface area contributed by atoms with Gasteiger partial charge < -0.3 is 9.80 Å². The first-order chi connectivity index (χ1) is 17.2. The van der Waals surface area contributed by atoms with E-state index >= 15 is 0 Å². The molecule has 2 aliphatic rings. The van der Waals surface area contributed by atoms with Crippen molar-refractivity contribution in [3.63, 3.8) is 0 Å². The number of fused-ring (bicyclic) bond motifs is 3. The first-order valence-electron chi connectivity index (χ1n) is 12.3. The largest absolute Gasteiger partial charge is 0.352 e. The average Bonchev–Trinajstić information content (AvgIpc) is 3.27. The summed E-state index contributed by atoms with van der Waals surface area (Å²) in [5.74, 6) is 1.13. The number of rotatable bonds is 4. The van der Waals surface area contributed by atoms with Gasteiger partial charge in [-0.25, -0.2) is 14.4 Å². The summed E-state index contributed by atoms with van der Waals surface area (Å²) in [6, 6.07) is 16.6. The van der Waals surface area contributed by atoms with E-state index in [1.165, 1.54) is 40.3 Å². The zero-order valence-electron chi connectivity index (χ0n) is 19.5. The van der Waals surface area contributed by atoms with Gasteiger partial charge in [0.15, 0.2) is 0 Å². The lowest BCUT2D eigenvalue weighted by molar-refractivity contribution is 0.0742. The number of anilines is 1. The van der Waals surface area contributed by atoms with E-state index < -0.39 is 5.82 Å². The van der Waals surface area contributed by atoms with Crippen LogP contribution in [0, 0.1) is 5.82 Å². The van der Waals surface area contributed by atoms with E-state index in [4.69, 9.17) is 9.97 Å². The van der Waals surface area contributed by atoms with Gasteiger partial charge >= 0.3 is 0 Å². The smallest absolute Gasteiger partial charge is 0.256 e. The quantitative estimate of drug-likeness (QED) is 0.395. The highest BCUT2D eigenvalue weighted by atomic mass is 32.1. The van der Waals surface area contributed by atoms with Gasteiger partial charge in [-0.1, -0.05) is 42.5 Å². The number of thiophene rings is 1. The molecule has 1 saturated heterocycles. The molecule has 0 radical (unpaired) electrons. The van der Waals surface area contributed by atoms with Crippen molar-refractivity contribution in [1.29, 1.82) is 0 Å². The molecule has 3 heterocycles. The predicted octanol–water partition coefficient (Wildman–Crippen LogP) is 5.26. The fourth-order valence-electron chi connectivity index (χ4n) is 5.19. The number of aromatic nitrogens is 2. The maximum Gasteiger partial charge on any atom is 0.256 e. The Morgan fingerprint density at radius 3 is 2.46 bits per heavy atom. The molecule has 1 fully saturated rings. The van der Waals surface area contributed by atoms with E-state index in [9.17, 15) is 9.18 Å². The summed E-state index contributed by atoms with van der Waals surface area (Å²) >= 11 is 1.82. The first-order valence-corrected chi connectivity index (χ1v) is 13.1. The number of carbonyl (C=O) groups excluding carboxylic acids is 1. The third-order valence-electron chi connectivity index (χ3n) is 7.02. The van der Waals surface area contributed by atoms with Crippen LogP contribution in [-0.4, -0.2) is 47.0 Å². The summed E-state index contributed by atoms with van der Waals surface area (Å²) in [5, 5.41) is 1.20. The second-order valence-electron chi connectivity index (χ2n) is 9.28. The van der Waals surface area contributed by atoms with Crippen molar-refractivity contribution >= 4 is 33.3 Å². The number of piperazine rings is 1. The molecule has 2 aromatic carbocycles. The number of nitrogens with zero attached hydrogens (tertiary/aromatic N) is 4. The molecule has 5 nitrogen and oxygen atoms in total. The number of halogens is 1. The normalized spacial score (nSPS) is 15.9. The van der Waals surface area contributed by atoms with Gasteiger partial charge in [-0.15, -0.1) is 11.3 Å². The molecule has 1 aliphatic carbocycles. The summed E-state index contributed by atoms with van der Waals surface area (Å²) in [7, 11) is 0. The molecule has 0 N–H and O–H groups in total. The van der Waals surface area contributed by atoms with Crippen molar-refractivity contribution in [3.05, 3.63) is 87.8 Å². The SMILES string of the molecule is O=C(c1ccccc1F)N1CCN(c2nc(Cc3ccccc3)nc3sc4c(c23)CCCC4)CC1. The van der Waals surface area contributed by atoms with Crippen molar-refractivity contribution < 1.29 is 9.18 Å².